The van der Waals surface area contributed by atoms with Crippen LogP contribution in [0.5, 0.6) is 11.6 Å². The summed E-state index contributed by atoms with van der Waals surface area (Å²) in [7, 11) is 1.41. The van der Waals surface area contributed by atoms with Gasteiger partial charge in [0.2, 0.25) is 11.8 Å². The van der Waals surface area contributed by atoms with Gasteiger partial charge < -0.3 is 14.8 Å². The number of hydrogen-bond acceptors (Lipinski definition) is 5. The molecule has 0 aliphatic heterocycles. The van der Waals surface area contributed by atoms with E-state index in [1.165, 1.54) is 31.5 Å². The number of hydrogen-bond donors (Lipinski definition) is 1. The second-order valence-corrected chi connectivity index (χ2v) is 4.57. The molecule has 2 rings (SSSR count). The Bertz CT molecular complexity index is 637. The third-order valence-corrected chi connectivity index (χ3v) is 2.81. The van der Waals surface area contributed by atoms with E-state index in [4.69, 9.17) is 4.74 Å². The molecule has 0 saturated heterocycles. The smallest absolute Gasteiger partial charge is 0.480 e. The quantitative estimate of drug-likeness (QED) is 0.892. The molecule has 9 heteroatoms. The van der Waals surface area contributed by atoms with Crippen molar-refractivity contribution < 1.29 is 22.6 Å². The topological polar surface area (TPSA) is 56.3 Å². The monoisotopic (exact) mass is 363 g/mol. The number of alkyl halides is 3. The van der Waals surface area contributed by atoms with Gasteiger partial charge in [0.25, 0.3) is 0 Å². The largest absolute Gasteiger partial charge is 0.573 e. The maximum Gasteiger partial charge on any atom is 0.573 e. The van der Waals surface area contributed by atoms with Gasteiger partial charge in [-0.2, -0.15) is 4.98 Å². The summed E-state index contributed by atoms with van der Waals surface area (Å²) in [6, 6.07) is 5.59. The zero-order valence-corrected chi connectivity index (χ0v) is 12.2. The average molecular weight is 364 g/mol. The molecule has 1 aromatic heterocycles. The van der Waals surface area contributed by atoms with Gasteiger partial charge in [-0.05, 0) is 28.1 Å². The Morgan fingerprint density at radius 1 is 1.24 bits per heavy atom. The third kappa shape index (κ3) is 4.22. The van der Waals surface area contributed by atoms with E-state index >= 15 is 0 Å². The predicted octanol–water partition coefficient (Wildman–Crippen LogP) is 3.89. The molecule has 1 heterocycles. The van der Waals surface area contributed by atoms with Crippen molar-refractivity contribution in [3.05, 3.63) is 34.9 Å². The normalized spacial score (nSPS) is 11.1. The number of benzene rings is 1. The Kier molecular flexibility index (Phi) is 4.51. The molecule has 5 nitrogen and oxygen atoms in total. The maximum absolute atomic E-state index is 12.3. The molecule has 0 atom stereocenters. The summed E-state index contributed by atoms with van der Waals surface area (Å²) in [6.45, 7) is 0. The maximum atomic E-state index is 12.3. The lowest BCUT2D eigenvalue weighted by atomic mass is 10.3. The lowest BCUT2D eigenvalue weighted by Crippen LogP contribution is -2.18. The van der Waals surface area contributed by atoms with E-state index in [1.807, 2.05) is 0 Å². The molecule has 1 N–H and O–H groups in total. The molecule has 0 radical (unpaired) electrons. The second-order valence-electron chi connectivity index (χ2n) is 3.72. The summed E-state index contributed by atoms with van der Waals surface area (Å²) in [5.41, 5.74) is 0.0826. The van der Waals surface area contributed by atoms with Crippen LogP contribution in [0.25, 0.3) is 0 Å². The van der Waals surface area contributed by atoms with E-state index in [2.05, 4.69) is 36.0 Å². The van der Waals surface area contributed by atoms with Gasteiger partial charge in [-0.25, -0.2) is 4.98 Å². The first-order valence-corrected chi connectivity index (χ1v) is 6.36. The first kappa shape index (κ1) is 15.4. The van der Waals surface area contributed by atoms with Gasteiger partial charge in [-0.3, -0.25) is 0 Å². The molecule has 0 spiro atoms. The molecule has 0 fully saturated rings. The van der Waals surface area contributed by atoms with Crippen molar-refractivity contribution >= 4 is 27.6 Å². The number of anilines is 2. The standard InChI is InChI=1S/C12H9BrF3N3O2/c1-20-10-7(13)6-17-11(19-10)18-8-4-2-3-5-9(8)21-12(14,15)16/h2-6H,1H3,(H,17,18,19). The van der Waals surface area contributed by atoms with Gasteiger partial charge in [0, 0.05) is 0 Å². The van der Waals surface area contributed by atoms with Crippen molar-refractivity contribution in [3.8, 4) is 11.6 Å². The number of rotatable bonds is 4. The van der Waals surface area contributed by atoms with E-state index in [9.17, 15) is 13.2 Å². The van der Waals surface area contributed by atoms with Crippen molar-refractivity contribution in [2.75, 3.05) is 12.4 Å². The molecule has 0 saturated carbocycles. The van der Waals surface area contributed by atoms with Gasteiger partial charge in [0.1, 0.15) is 0 Å². The van der Waals surface area contributed by atoms with E-state index in [0.717, 1.165) is 0 Å². The summed E-state index contributed by atoms with van der Waals surface area (Å²) in [6.07, 6.45) is -3.36. The van der Waals surface area contributed by atoms with Crippen LogP contribution in [0.1, 0.15) is 0 Å². The van der Waals surface area contributed by atoms with Crippen molar-refractivity contribution in [2.24, 2.45) is 0 Å². The van der Waals surface area contributed by atoms with Crippen LogP contribution in [-0.2, 0) is 0 Å². The highest BCUT2D eigenvalue weighted by Gasteiger charge is 2.32. The minimum Gasteiger partial charge on any atom is -0.480 e. The van der Waals surface area contributed by atoms with Crippen LogP contribution in [0.3, 0.4) is 0 Å². The molecule has 0 unspecified atom stereocenters. The molecule has 2 aromatic rings. The number of halogens is 4. The number of para-hydroxylation sites is 2. The Balaban J connectivity index is 2.27. The van der Waals surface area contributed by atoms with Crippen LogP contribution in [0.15, 0.2) is 34.9 Å². The third-order valence-electron chi connectivity index (χ3n) is 2.26. The molecular formula is C12H9BrF3N3O2. The van der Waals surface area contributed by atoms with Crippen LogP contribution in [0, 0.1) is 0 Å². The van der Waals surface area contributed by atoms with Gasteiger partial charge in [0.15, 0.2) is 5.75 Å². The van der Waals surface area contributed by atoms with Gasteiger partial charge >= 0.3 is 6.36 Å². The molecule has 21 heavy (non-hydrogen) atoms. The van der Waals surface area contributed by atoms with E-state index in [-0.39, 0.29) is 23.3 Å². The first-order valence-electron chi connectivity index (χ1n) is 5.57. The Hall–Kier alpha value is -2.03. The molecule has 112 valence electrons. The highest BCUT2D eigenvalue weighted by atomic mass is 79.9. The molecule has 0 bridgehead atoms. The lowest BCUT2D eigenvalue weighted by molar-refractivity contribution is -0.274. The number of ether oxygens (including phenoxy) is 2. The Labute approximate surface area is 126 Å². The Morgan fingerprint density at radius 3 is 2.62 bits per heavy atom. The lowest BCUT2D eigenvalue weighted by Gasteiger charge is -2.14. The number of methoxy groups -OCH3 is 1. The minimum atomic E-state index is -4.78. The number of nitrogens with zero attached hydrogens (tertiary/aromatic N) is 2. The zero-order chi connectivity index (χ0) is 15.5. The van der Waals surface area contributed by atoms with Gasteiger partial charge in [-0.15, -0.1) is 13.2 Å². The van der Waals surface area contributed by atoms with Crippen molar-refractivity contribution in [3.63, 3.8) is 0 Å². The average Bonchev–Trinajstić information content (AvgIpc) is 2.41. The molecule has 0 aliphatic carbocycles. The Morgan fingerprint density at radius 2 is 1.95 bits per heavy atom. The van der Waals surface area contributed by atoms with Crippen LogP contribution in [0.2, 0.25) is 0 Å². The summed E-state index contributed by atoms with van der Waals surface area (Å²) in [4.78, 5) is 7.93. The summed E-state index contributed by atoms with van der Waals surface area (Å²) in [5.74, 6) is -0.0505. The van der Waals surface area contributed by atoms with Crippen molar-refractivity contribution in [2.45, 2.75) is 6.36 Å². The summed E-state index contributed by atoms with van der Waals surface area (Å²) >= 11 is 3.18. The van der Waals surface area contributed by atoms with Crippen molar-refractivity contribution in [1.82, 2.24) is 9.97 Å². The molecule has 0 aliphatic rings. The minimum absolute atomic E-state index is 0.0771. The SMILES string of the molecule is COc1nc(Nc2ccccc2OC(F)(F)F)ncc1Br. The fourth-order valence-electron chi connectivity index (χ4n) is 1.46. The summed E-state index contributed by atoms with van der Waals surface area (Å²) in [5, 5.41) is 2.65. The van der Waals surface area contributed by atoms with E-state index < -0.39 is 6.36 Å². The molecular weight excluding hydrogens is 355 g/mol. The molecule has 0 amide bonds. The van der Waals surface area contributed by atoms with Crippen LogP contribution in [0.4, 0.5) is 24.8 Å². The highest BCUT2D eigenvalue weighted by molar-refractivity contribution is 9.10. The molecule has 1 aromatic carbocycles. The van der Waals surface area contributed by atoms with Crippen molar-refractivity contribution in [1.29, 1.82) is 0 Å². The predicted molar refractivity (Wildman–Crippen MR) is 72.7 cm³/mol. The fraction of sp³-hybridized carbons (Fsp3) is 0.167. The van der Waals surface area contributed by atoms with Gasteiger partial charge in [0.05, 0.1) is 23.5 Å². The fourth-order valence-corrected chi connectivity index (χ4v) is 1.81. The highest BCUT2D eigenvalue weighted by Crippen LogP contribution is 2.32. The number of nitrogens with one attached hydrogen (secondary N) is 1. The zero-order valence-electron chi connectivity index (χ0n) is 10.6. The van der Waals surface area contributed by atoms with Crippen LogP contribution < -0.4 is 14.8 Å². The van der Waals surface area contributed by atoms with Crippen LogP contribution >= 0.6 is 15.9 Å². The second kappa shape index (κ2) is 6.17. The van der Waals surface area contributed by atoms with Gasteiger partial charge in [-0.1, -0.05) is 12.1 Å². The van der Waals surface area contributed by atoms with E-state index in [1.54, 1.807) is 6.07 Å². The summed E-state index contributed by atoms with van der Waals surface area (Å²) < 4.78 is 46.4. The first-order chi connectivity index (χ1) is 9.89. The number of aromatic nitrogens is 2. The van der Waals surface area contributed by atoms with E-state index in [0.29, 0.717) is 4.47 Å². The van der Waals surface area contributed by atoms with Crippen LogP contribution in [-0.4, -0.2) is 23.4 Å².